The van der Waals surface area contributed by atoms with E-state index in [1.165, 1.54) is 0 Å². The van der Waals surface area contributed by atoms with E-state index in [1.54, 1.807) is 12.1 Å². The highest BCUT2D eigenvalue weighted by molar-refractivity contribution is 9.10. The van der Waals surface area contributed by atoms with E-state index in [0.29, 0.717) is 10.6 Å². The van der Waals surface area contributed by atoms with E-state index in [-0.39, 0.29) is 5.88 Å². The van der Waals surface area contributed by atoms with Crippen LogP contribution in [0.15, 0.2) is 22.7 Å². The van der Waals surface area contributed by atoms with E-state index >= 15 is 0 Å². The average Bonchev–Trinajstić information content (AvgIpc) is 2.08. The first-order valence-electron chi connectivity index (χ1n) is 3.34. The number of aliphatic hydroxyl groups excluding tert-OH is 1. The molecule has 1 atom stereocenters. The van der Waals surface area contributed by atoms with Crippen molar-refractivity contribution < 1.29 is 5.11 Å². The molecule has 1 aromatic carbocycles. The van der Waals surface area contributed by atoms with Crippen LogP contribution in [-0.4, -0.2) is 11.0 Å². The Balaban J connectivity index is 3.04. The molecule has 12 heavy (non-hydrogen) atoms. The minimum absolute atomic E-state index is 0.149. The molecule has 1 aromatic rings. The molecule has 4 heteroatoms. The van der Waals surface area contributed by atoms with Crippen LogP contribution >= 0.6 is 39.1 Å². The van der Waals surface area contributed by atoms with E-state index in [9.17, 15) is 5.11 Å². The van der Waals surface area contributed by atoms with Crippen molar-refractivity contribution in [2.24, 2.45) is 0 Å². The molecule has 1 rings (SSSR count). The molecule has 0 heterocycles. The molecule has 0 saturated heterocycles. The number of aliphatic hydroxyl groups is 1. The molecule has 0 aromatic heterocycles. The van der Waals surface area contributed by atoms with Crippen LogP contribution in [0.2, 0.25) is 5.02 Å². The summed E-state index contributed by atoms with van der Waals surface area (Å²) in [5.74, 6) is 0.149. The Morgan fingerprint density at radius 1 is 1.50 bits per heavy atom. The first kappa shape index (κ1) is 10.3. The lowest BCUT2D eigenvalue weighted by Crippen LogP contribution is -1.99. The second-order valence-electron chi connectivity index (χ2n) is 2.34. The number of hydrogen-bond acceptors (Lipinski definition) is 1. The summed E-state index contributed by atoms with van der Waals surface area (Å²) < 4.78 is 0.881. The monoisotopic (exact) mass is 268 g/mol. The zero-order chi connectivity index (χ0) is 9.14. The third kappa shape index (κ3) is 2.36. The molecule has 1 unspecified atom stereocenters. The molecule has 0 saturated carbocycles. The van der Waals surface area contributed by atoms with Gasteiger partial charge in [-0.2, -0.15) is 0 Å². The third-order valence-electron chi connectivity index (χ3n) is 1.46. The predicted octanol–water partition coefficient (Wildman–Crippen LogP) is 3.37. The van der Waals surface area contributed by atoms with Gasteiger partial charge in [-0.05, 0) is 18.2 Å². The van der Waals surface area contributed by atoms with Crippen LogP contribution in [-0.2, 0) is 0 Å². The minimum Gasteiger partial charge on any atom is -0.387 e. The molecule has 0 aliphatic heterocycles. The van der Waals surface area contributed by atoms with Gasteiger partial charge in [0.2, 0.25) is 0 Å². The van der Waals surface area contributed by atoms with Gasteiger partial charge in [0, 0.05) is 15.1 Å². The van der Waals surface area contributed by atoms with Crippen LogP contribution in [0.1, 0.15) is 11.7 Å². The zero-order valence-electron chi connectivity index (χ0n) is 6.10. The summed E-state index contributed by atoms with van der Waals surface area (Å²) in [6.45, 7) is 0. The molecule has 1 N–H and O–H groups in total. The summed E-state index contributed by atoms with van der Waals surface area (Å²) in [5.41, 5.74) is 0.654. The van der Waals surface area contributed by atoms with Gasteiger partial charge in [0.05, 0.1) is 12.0 Å². The molecule has 0 aliphatic rings. The highest BCUT2D eigenvalue weighted by atomic mass is 79.9. The smallest absolute Gasteiger partial charge is 0.0940 e. The summed E-state index contributed by atoms with van der Waals surface area (Å²) in [6.07, 6.45) is -0.698. The second-order valence-corrected chi connectivity index (χ2v) is 3.97. The lowest BCUT2D eigenvalue weighted by Gasteiger charge is -2.09. The largest absolute Gasteiger partial charge is 0.387 e. The molecular formula is C8H7BrCl2O. The van der Waals surface area contributed by atoms with Crippen molar-refractivity contribution >= 4 is 39.1 Å². The number of benzene rings is 1. The van der Waals surface area contributed by atoms with E-state index in [1.807, 2.05) is 6.07 Å². The van der Waals surface area contributed by atoms with Gasteiger partial charge in [-0.3, -0.25) is 0 Å². The highest BCUT2D eigenvalue weighted by Crippen LogP contribution is 2.26. The maximum atomic E-state index is 9.40. The van der Waals surface area contributed by atoms with Crippen molar-refractivity contribution in [2.75, 3.05) is 5.88 Å². The molecule has 0 fully saturated rings. The Labute approximate surface area is 89.4 Å². The van der Waals surface area contributed by atoms with Crippen LogP contribution in [0.25, 0.3) is 0 Å². The quantitative estimate of drug-likeness (QED) is 0.817. The lowest BCUT2D eigenvalue weighted by molar-refractivity contribution is 0.202. The van der Waals surface area contributed by atoms with Gasteiger partial charge in [-0.1, -0.05) is 27.5 Å². The summed E-state index contributed by atoms with van der Waals surface area (Å²) in [7, 11) is 0. The molecule has 1 nitrogen and oxygen atoms in total. The van der Waals surface area contributed by atoms with Crippen molar-refractivity contribution in [2.45, 2.75) is 6.10 Å². The fraction of sp³-hybridized carbons (Fsp3) is 0.250. The Bertz CT molecular complexity index is 278. The molecule has 0 bridgehead atoms. The minimum atomic E-state index is -0.698. The van der Waals surface area contributed by atoms with Crippen LogP contribution in [0, 0.1) is 0 Å². The second kappa shape index (κ2) is 4.47. The van der Waals surface area contributed by atoms with Crippen molar-refractivity contribution in [3.63, 3.8) is 0 Å². The van der Waals surface area contributed by atoms with Crippen molar-refractivity contribution in [3.05, 3.63) is 33.3 Å². The van der Waals surface area contributed by atoms with Gasteiger partial charge in [0.1, 0.15) is 0 Å². The van der Waals surface area contributed by atoms with E-state index in [4.69, 9.17) is 23.2 Å². The summed E-state index contributed by atoms with van der Waals surface area (Å²) in [4.78, 5) is 0. The van der Waals surface area contributed by atoms with E-state index < -0.39 is 6.10 Å². The molecule has 0 aliphatic carbocycles. The number of halogens is 3. The normalized spacial score (nSPS) is 13.0. The number of alkyl halides is 1. The van der Waals surface area contributed by atoms with Crippen LogP contribution in [0.5, 0.6) is 0 Å². The van der Waals surface area contributed by atoms with Crippen LogP contribution in [0.4, 0.5) is 0 Å². The molecule has 66 valence electrons. The maximum absolute atomic E-state index is 9.40. The Kier molecular flexibility index (Phi) is 3.84. The molecular weight excluding hydrogens is 263 g/mol. The standard InChI is InChI=1S/C8H7BrCl2O/c9-5-1-2-7(11)6(3-5)8(12)4-10/h1-3,8,12H,4H2. The number of rotatable bonds is 2. The SMILES string of the molecule is OC(CCl)c1cc(Br)ccc1Cl. The Morgan fingerprint density at radius 2 is 2.17 bits per heavy atom. The van der Waals surface area contributed by atoms with Gasteiger partial charge in [-0.25, -0.2) is 0 Å². The van der Waals surface area contributed by atoms with Crippen LogP contribution in [0.3, 0.4) is 0 Å². The summed E-state index contributed by atoms with van der Waals surface area (Å²) in [5, 5.41) is 9.93. The van der Waals surface area contributed by atoms with Crippen LogP contribution < -0.4 is 0 Å². The van der Waals surface area contributed by atoms with Gasteiger partial charge in [0.25, 0.3) is 0 Å². The van der Waals surface area contributed by atoms with Crippen molar-refractivity contribution in [1.82, 2.24) is 0 Å². The highest BCUT2D eigenvalue weighted by Gasteiger charge is 2.09. The van der Waals surface area contributed by atoms with E-state index in [2.05, 4.69) is 15.9 Å². The van der Waals surface area contributed by atoms with Gasteiger partial charge in [0.15, 0.2) is 0 Å². The van der Waals surface area contributed by atoms with Gasteiger partial charge >= 0.3 is 0 Å². The van der Waals surface area contributed by atoms with Gasteiger partial charge in [-0.15, -0.1) is 11.6 Å². The zero-order valence-corrected chi connectivity index (χ0v) is 9.20. The Morgan fingerprint density at radius 3 is 2.75 bits per heavy atom. The average molecular weight is 270 g/mol. The lowest BCUT2D eigenvalue weighted by atomic mass is 10.1. The fourth-order valence-electron chi connectivity index (χ4n) is 0.853. The fourth-order valence-corrected chi connectivity index (χ4v) is 1.64. The van der Waals surface area contributed by atoms with Crippen molar-refractivity contribution in [3.8, 4) is 0 Å². The third-order valence-corrected chi connectivity index (χ3v) is 2.59. The molecule has 0 radical (unpaired) electrons. The molecule has 0 spiro atoms. The summed E-state index contributed by atoms with van der Waals surface area (Å²) in [6, 6.07) is 5.29. The maximum Gasteiger partial charge on any atom is 0.0940 e. The topological polar surface area (TPSA) is 20.2 Å². The van der Waals surface area contributed by atoms with Crippen molar-refractivity contribution in [1.29, 1.82) is 0 Å². The predicted molar refractivity (Wildman–Crippen MR) is 54.8 cm³/mol. The molecule has 0 amide bonds. The Hall–Kier alpha value is 0.240. The summed E-state index contributed by atoms with van der Waals surface area (Å²) >= 11 is 14.6. The van der Waals surface area contributed by atoms with E-state index in [0.717, 1.165) is 4.47 Å². The number of hydrogen-bond donors (Lipinski definition) is 1. The first-order chi connectivity index (χ1) is 5.65. The van der Waals surface area contributed by atoms with Gasteiger partial charge < -0.3 is 5.11 Å². The first-order valence-corrected chi connectivity index (χ1v) is 5.04.